The van der Waals surface area contributed by atoms with E-state index in [9.17, 15) is 13.8 Å². The van der Waals surface area contributed by atoms with Gasteiger partial charge in [0.1, 0.15) is 11.0 Å². The number of benzene rings is 1. The van der Waals surface area contributed by atoms with Crippen molar-refractivity contribution in [2.45, 2.75) is 26.7 Å². The molecule has 1 aromatic carbocycles. The maximum Gasteiger partial charge on any atom is 0.262 e. The average molecular weight is 596 g/mol. The number of hydrogen-bond acceptors (Lipinski definition) is 5. The smallest absolute Gasteiger partial charge is 0.262 e. The van der Waals surface area contributed by atoms with Gasteiger partial charge in [0.15, 0.2) is 0 Å². The molecule has 0 spiro atoms. The topological polar surface area (TPSA) is 83.4 Å². The van der Waals surface area contributed by atoms with Crippen LogP contribution < -0.4 is 20.5 Å². The lowest BCUT2D eigenvalue weighted by molar-refractivity contribution is -0.108. The number of anilines is 1. The zero-order chi connectivity index (χ0) is 28.1. The van der Waals surface area contributed by atoms with E-state index in [1.807, 2.05) is 31.2 Å². The molecule has 7 nitrogen and oxygen atoms in total. The Labute approximate surface area is 240 Å². The summed E-state index contributed by atoms with van der Waals surface area (Å²) in [6, 6.07) is 7.89. The predicted molar refractivity (Wildman–Crippen MR) is 165 cm³/mol. The van der Waals surface area contributed by atoms with Gasteiger partial charge >= 0.3 is 0 Å². The van der Waals surface area contributed by atoms with E-state index in [0.717, 1.165) is 24.2 Å². The first-order valence-electron chi connectivity index (χ1n) is 11.8. The van der Waals surface area contributed by atoms with Crippen LogP contribution >= 0.6 is 35.0 Å². The van der Waals surface area contributed by atoms with Crippen LogP contribution in [0.4, 0.5) is 5.69 Å². The number of nitrogens with one attached hydrogen (secondary N) is 2. The number of fused-ring (bicyclic) bond motifs is 1. The molecule has 11 heteroatoms. The molecule has 0 aliphatic carbocycles. The molecule has 3 rings (SSSR count). The second kappa shape index (κ2) is 16.4. The van der Waals surface area contributed by atoms with Gasteiger partial charge in [0.2, 0.25) is 6.41 Å². The van der Waals surface area contributed by atoms with Crippen molar-refractivity contribution in [2.75, 3.05) is 25.0 Å². The van der Waals surface area contributed by atoms with E-state index < -0.39 is 11.0 Å². The molecule has 0 saturated carbocycles. The molecule has 1 unspecified atom stereocenters. The van der Waals surface area contributed by atoms with Crippen molar-refractivity contribution in [1.82, 2.24) is 14.6 Å². The highest BCUT2D eigenvalue weighted by Crippen LogP contribution is 2.28. The number of pyridine rings is 1. The highest BCUT2D eigenvalue weighted by atomic mass is 35.5. The minimum Gasteiger partial charge on any atom is -0.372 e. The Balaban J connectivity index is 0.000000391. The van der Waals surface area contributed by atoms with Crippen molar-refractivity contribution >= 4 is 74.5 Å². The van der Waals surface area contributed by atoms with Crippen LogP contribution in [0.15, 0.2) is 86.0 Å². The maximum atomic E-state index is 13.0. The zero-order valence-corrected chi connectivity index (χ0v) is 24.7. The van der Waals surface area contributed by atoms with Gasteiger partial charge in [-0.2, -0.15) is 0 Å². The molecule has 1 amide bonds. The molecule has 1 aliphatic heterocycles. The second-order valence-corrected chi connectivity index (χ2v) is 11.7. The van der Waals surface area contributed by atoms with Gasteiger partial charge in [0.05, 0.1) is 19.3 Å². The van der Waals surface area contributed by atoms with Crippen LogP contribution in [0.25, 0.3) is 16.5 Å². The zero-order valence-electron chi connectivity index (χ0n) is 21.6. The van der Waals surface area contributed by atoms with Crippen molar-refractivity contribution in [2.24, 2.45) is 0 Å². The Morgan fingerprint density at radius 3 is 2.45 bits per heavy atom. The van der Waals surface area contributed by atoms with Gasteiger partial charge in [-0.25, -0.2) is 8.93 Å². The molecule has 1 saturated heterocycles. The number of carbonyl (C=O) groups is 1. The summed E-state index contributed by atoms with van der Waals surface area (Å²) in [7, 11) is 0.466. The Bertz CT molecular complexity index is 1340. The van der Waals surface area contributed by atoms with Crippen LogP contribution in [0, 0.1) is 0 Å². The molecule has 204 valence electrons. The van der Waals surface area contributed by atoms with Crippen molar-refractivity contribution in [1.29, 1.82) is 0 Å². The van der Waals surface area contributed by atoms with Gasteiger partial charge < -0.3 is 10.2 Å². The van der Waals surface area contributed by atoms with E-state index in [4.69, 9.17) is 23.2 Å². The predicted octanol–water partition coefficient (Wildman–Crippen LogP) is 6.02. The Kier molecular flexibility index (Phi) is 13.7. The van der Waals surface area contributed by atoms with Crippen LogP contribution in [-0.4, -0.2) is 35.3 Å². The highest BCUT2D eigenvalue weighted by molar-refractivity contribution is 8.19. The van der Waals surface area contributed by atoms with E-state index in [1.165, 1.54) is 35.4 Å². The van der Waals surface area contributed by atoms with E-state index in [1.54, 1.807) is 38.4 Å². The molecule has 0 radical (unpaired) electrons. The normalized spacial score (nSPS) is 15.4. The Morgan fingerprint density at radius 1 is 1.16 bits per heavy atom. The molecular weight excluding hydrogens is 563 g/mol. The molecule has 1 atom stereocenters. The van der Waals surface area contributed by atoms with Gasteiger partial charge in [-0.05, 0) is 75.5 Å². The third-order valence-electron chi connectivity index (χ3n) is 5.40. The van der Waals surface area contributed by atoms with Crippen LogP contribution in [0.5, 0.6) is 0 Å². The lowest BCUT2D eigenvalue weighted by Gasteiger charge is -2.18. The molecule has 2 heterocycles. The SMILES string of the molecule is C=C(Cl)S/C(=C\C)S(=O)NC.C\C=C/C(=C(Cl)\C=C\NC=O)n1ccc2cc(N3CCCC3)ccc2c1=O. The Hall–Kier alpha value is -2.56. The van der Waals surface area contributed by atoms with E-state index >= 15 is 0 Å². The lowest BCUT2D eigenvalue weighted by atomic mass is 10.1. The van der Waals surface area contributed by atoms with E-state index in [0.29, 0.717) is 31.1 Å². The van der Waals surface area contributed by atoms with Crippen molar-refractivity contribution < 1.29 is 9.00 Å². The fourth-order valence-corrected chi connectivity index (χ4v) is 5.90. The third-order valence-corrected chi connectivity index (χ3v) is 8.28. The summed E-state index contributed by atoms with van der Waals surface area (Å²) >= 11 is 13.1. The van der Waals surface area contributed by atoms with Crippen LogP contribution in [-0.2, 0) is 15.8 Å². The second-order valence-electron chi connectivity index (χ2n) is 7.85. The largest absolute Gasteiger partial charge is 0.372 e. The van der Waals surface area contributed by atoms with Crippen LogP contribution in [0.1, 0.15) is 26.7 Å². The summed E-state index contributed by atoms with van der Waals surface area (Å²) in [6.07, 6.45) is 13.0. The summed E-state index contributed by atoms with van der Waals surface area (Å²) in [5.74, 6) is 0. The minimum absolute atomic E-state index is 0.136. The molecular formula is C27H32Cl2N4O3S2. The number of amides is 1. The quantitative estimate of drug-likeness (QED) is 0.259. The monoisotopic (exact) mass is 594 g/mol. The number of halogens is 2. The standard InChI is InChI=1S/C21H22ClN3O2.C6H10ClNOS2/c1-2-5-20(19(22)8-10-23-15-26)25-13-9-16-14-17(24-11-3-4-12-24)6-7-18(16)21(25)27;1-4-6(10-5(2)7)11(9)8-3/h2,5-10,13-15H,3-4,11-12H2,1H3,(H,23,26);4,8H,2H2,1,3H3/b5-2-,10-8+,20-19-;6-4+. The first kappa shape index (κ1) is 31.7. The van der Waals surface area contributed by atoms with Gasteiger partial charge in [-0.1, -0.05) is 53.7 Å². The maximum absolute atomic E-state index is 13.0. The van der Waals surface area contributed by atoms with Gasteiger partial charge in [0, 0.05) is 36.6 Å². The van der Waals surface area contributed by atoms with Crippen LogP contribution in [0.2, 0.25) is 0 Å². The number of hydrogen-bond donors (Lipinski definition) is 2. The van der Waals surface area contributed by atoms with Crippen LogP contribution in [0.3, 0.4) is 0 Å². The lowest BCUT2D eigenvalue weighted by Crippen LogP contribution is -2.20. The minimum atomic E-state index is -1.16. The van der Waals surface area contributed by atoms with Gasteiger partial charge in [0.25, 0.3) is 5.56 Å². The van der Waals surface area contributed by atoms with Crippen molar-refractivity contribution in [3.05, 3.63) is 91.5 Å². The number of aromatic nitrogens is 1. The number of carbonyl (C=O) groups excluding carboxylic acids is 1. The summed E-state index contributed by atoms with van der Waals surface area (Å²) in [6.45, 7) is 9.27. The van der Waals surface area contributed by atoms with Crippen molar-refractivity contribution in [3.8, 4) is 0 Å². The summed E-state index contributed by atoms with van der Waals surface area (Å²) in [5, 5.41) is 4.31. The summed E-state index contributed by atoms with van der Waals surface area (Å²) in [4.78, 5) is 25.8. The highest BCUT2D eigenvalue weighted by Gasteiger charge is 2.14. The number of nitrogens with zero attached hydrogens (tertiary/aromatic N) is 2. The van der Waals surface area contributed by atoms with E-state index in [2.05, 4.69) is 27.6 Å². The average Bonchev–Trinajstić information content (AvgIpc) is 3.46. The molecule has 2 N–H and O–H groups in total. The number of rotatable bonds is 10. The summed E-state index contributed by atoms with van der Waals surface area (Å²) in [5.41, 5.74) is 1.56. The first-order chi connectivity index (χ1) is 18.3. The molecule has 1 aromatic heterocycles. The van der Waals surface area contributed by atoms with E-state index in [-0.39, 0.29) is 5.56 Å². The summed E-state index contributed by atoms with van der Waals surface area (Å²) < 4.78 is 16.3. The fraction of sp³-hybridized carbons (Fsp3) is 0.259. The molecule has 2 aromatic rings. The van der Waals surface area contributed by atoms with Crippen molar-refractivity contribution in [3.63, 3.8) is 0 Å². The molecule has 1 aliphatic rings. The fourth-order valence-electron chi connectivity index (χ4n) is 3.69. The third kappa shape index (κ3) is 9.03. The molecule has 1 fully saturated rings. The van der Waals surface area contributed by atoms with Gasteiger partial charge in [-0.15, -0.1) is 0 Å². The van der Waals surface area contributed by atoms with Gasteiger partial charge in [-0.3, -0.25) is 14.2 Å². The first-order valence-corrected chi connectivity index (χ1v) is 14.6. The number of allylic oxidation sites excluding steroid dienone is 6. The molecule has 0 bridgehead atoms. The molecule has 38 heavy (non-hydrogen) atoms. The Morgan fingerprint density at radius 2 is 1.87 bits per heavy atom. The number of thioether (sulfide) groups is 1.